The van der Waals surface area contributed by atoms with Crippen molar-refractivity contribution in [3.63, 3.8) is 0 Å². The van der Waals surface area contributed by atoms with E-state index in [0.717, 1.165) is 25.9 Å². The van der Waals surface area contributed by atoms with Crippen molar-refractivity contribution in [2.75, 3.05) is 26.7 Å². The van der Waals surface area contributed by atoms with E-state index in [4.69, 9.17) is 10.8 Å². The monoisotopic (exact) mass is 174 g/mol. The molecule has 0 aromatic carbocycles. The van der Waals surface area contributed by atoms with Gasteiger partial charge in [-0.05, 0) is 39.9 Å². The molecular weight excluding hydrogens is 152 g/mol. The highest BCUT2D eigenvalue weighted by Crippen LogP contribution is 2.07. The minimum absolute atomic E-state index is 0.0723. The summed E-state index contributed by atoms with van der Waals surface area (Å²) in [4.78, 5) is 2.24. The van der Waals surface area contributed by atoms with Gasteiger partial charge in [-0.2, -0.15) is 0 Å². The molecule has 12 heavy (non-hydrogen) atoms. The van der Waals surface area contributed by atoms with E-state index < -0.39 is 5.54 Å². The quantitative estimate of drug-likeness (QED) is 0.614. The number of hydrogen-bond acceptors (Lipinski definition) is 3. The molecule has 0 radical (unpaired) electrons. The molecule has 0 saturated carbocycles. The minimum atomic E-state index is -0.394. The lowest BCUT2D eigenvalue weighted by Gasteiger charge is -2.23. The zero-order valence-corrected chi connectivity index (χ0v) is 8.51. The largest absolute Gasteiger partial charge is 0.394 e. The molecular formula is C9H22N2O. The molecule has 1 atom stereocenters. The molecule has 3 heteroatoms. The van der Waals surface area contributed by atoms with E-state index in [9.17, 15) is 0 Å². The molecule has 0 fully saturated rings. The van der Waals surface area contributed by atoms with Gasteiger partial charge in [-0.1, -0.05) is 6.92 Å². The van der Waals surface area contributed by atoms with Crippen molar-refractivity contribution < 1.29 is 5.11 Å². The van der Waals surface area contributed by atoms with Crippen LogP contribution < -0.4 is 5.73 Å². The summed E-state index contributed by atoms with van der Waals surface area (Å²) in [6, 6.07) is 0. The third kappa shape index (κ3) is 5.52. The Hall–Kier alpha value is -0.120. The maximum Gasteiger partial charge on any atom is 0.0608 e. The van der Waals surface area contributed by atoms with Crippen LogP contribution in [0.25, 0.3) is 0 Å². The van der Waals surface area contributed by atoms with Gasteiger partial charge in [0.15, 0.2) is 0 Å². The molecule has 3 N–H and O–H groups in total. The smallest absolute Gasteiger partial charge is 0.0608 e. The molecule has 0 amide bonds. The SMILES string of the molecule is CCN(C)CCCC(C)(N)CO. The average Bonchev–Trinajstić information content (AvgIpc) is 2.04. The highest BCUT2D eigenvalue weighted by molar-refractivity contribution is 4.77. The lowest BCUT2D eigenvalue weighted by molar-refractivity contribution is 0.192. The molecule has 0 saturated heterocycles. The molecule has 0 aromatic rings. The fourth-order valence-corrected chi connectivity index (χ4v) is 0.990. The first-order chi connectivity index (χ1) is 5.52. The van der Waals surface area contributed by atoms with Crippen LogP contribution in [0, 0.1) is 0 Å². The Morgan fingerprint density at radius 1 is 1.50 bits per heavy atom. The Morgan fingerprint density at radius 2 is 2.08 bits per heavy atom. The Morgan fingerprint density at radius 3 is 2.50 bits per heavy atom. The van der Waals surface area contributed by atoms with Gasteiger partial charge >= 0.3 is 0 Å². The van der Waals surface area contributed by atoms with Crippen LogP contribution in [-0.2, 0) is 0 Å². The number of aliphatic hydroxyl groups excluding tert-OH is 1. The van der Waals surface area contributed by atoms with Crippen LogP contribution in [0.1, 0.15) is 26.7 Å². The van der Waals surface area contributed by atoms with Gasteiger partial charge in [0.05, 0.1) is 6.61 Å². The lowest BCUT2D eigenvalue weighted by Crippen LogP contribution is -2.40. The second-order valence-electron chi connectivity index (χ2n) is 3.81. The van der Waals surface area contributed by atoms with Gasteiger partial charge in [0.2, 0.25) is 0 Å². The summed E-state index contributed by atoms with van der Waals surface area (Å²) in [6.45, 7) is 6.22. The third-order valence-electron chi connectivity index (χ3n) is 2.19. The normalized spacial score (nSPS) is 16.5. The summed E-state index contributed by atoms with van der Waals surface area (Å²) in [7, 11) is 2.09. The van der Waals surface area contributed by atoms with E-state index in [1.165, 1.54) is 0 Å². The Balaban J connectivity index is 3.42. The molecule has 0 aliphatic rings. The van der Waals surface area contributed by atoms with Crippen LogP contribution in [0.4, 0.5) is 0 Å². The van der Waals surface area contributed by atoms with Crippen molar-refractivity contribution in [2.24, 2.45) is 5.73 Å². The zero-order valence-electron chi connectivity index (χ0n) is 8.51. The molecule has 0 heterocycles. The van der Waals surface area contributed by atoms with E-state index in [0.29, 0.717) is 0 Å². The number of nitrogens with two attached hydrogens (primary N) is 1. The van der Waals surface area contributed by atoms with E-state index in [1.807, 2.05) is 6.92 Å². The summed E-state index contributed by atoms with van der Waals surface area (Å²) in [5, 5.41) is 8.88. The molecule has 0 aliphatic heterocycles. The van der Waals surface area contributed by atoms with Crippen molar-refractivity contribution in [1.82, 2.24) is 4.90 Å². The topological polar surface area (TPSA) is 49.5 Å². The number of hydrogen-bond donors (Lipinski definition) is 2. The summed E-state index contributed by atoms with van der Waals surface area (Å²) in [6.07, 6.45) is 1.94. The summed E-state index contributed by atoms with van der Waals surface area (Å²) < 4.78 is 0. The molecule has 0 bridgehead atoms. The van der Waals surface area contributed by atoms with Gasteiger partial charge in [0.1, 0.15) is 0 Å². The predicted octanol–water partition coefficient (Wildman–Crippen LogP) is 0.428. The number of rotatable bonds is 6. The Kier molecular flexibility index (Phi) is 5.46. The highest BCUT2D eigenvalue weighted by Gasteiger charge is 2.15. The van der Waals surface area contributed by atoms with Crippen LogP contribution in [0.5, 0.6) is 0 Å². The lowest BCUT2D eigenvalue weighted by atomic mass is 9.98. The maximum absolute atomic E-state index is 8.88. The van der Waals surface area contributed by atoms with E-state index in [1.54, 1.807) is 0 Å². The second-order valence-corrected chi connectivity index (χ2v) is 3.81. The van der Waals surface area contributed by atoms with Gasteiger partial charge in [0, 0.05) is 5.54 Å². The van der Waals surface area contributed by atoms with Gasteiger partial charge in [-0.3, -0.25) is 0 Å². The molecule has 1 unspecified atom stereocenters. The van der Waals surface area contributed by atoms with Gasteiger partial charge in [-0.15, -0.1) is 0 Å². The highest BCUT2D eigenvalue weighted by atomic mass is 16.3. The second kappa shape index (κ2) is 5.51. The zero-order chi connectivity index (χ0) is 9.61. The van der Waals surface area contributed by atoms with Gasteiger partial charge in [0.25, 0.3) is 0 Å². The first-order valence-corrected chi connectivity index (χ1v) is 4.60. The number of nitrogens with zero attached hydrogens (tertiary/aromatic N) is 1. The molecule has 3 nitrogen and oxygen atoms in total. The van der Waals surface area contributed by atoms with E-state index in [-0.39, 0.29) is 6.61 Å². The molecule has 74 valence electrons. The first kappa shape index (κ1) is 11.9. The van der Waals surface area contributed by atoms with E-state index >= 15 is 0 Å². The fourth-order valence-electron chi connectivity index (χ4n) is 0.990. The van der Waals surface area contributed by atoms with Crippen LogP contribution >= 0.6 is 0 Å². The Labute approximate surface area is 75.6 Å². The van der Waals surface area contributed by atoms with Crippen LogP contribution in [0.15, 0.2) is 0 Å². The van der Waals surface area contributed by atoms with Crippen LogP contribution in [0.3, 0.4) is 0 Å². The average molecular weight is 174 g/mol. The summed E-state index contributed by atoms with van der Waals surface area (Å²) in [5.74, 6) is 0. The molecule has 0 spiro atoms. The summed E-state index contributed by atoms with van der Waals surface area (Å²) >= 11 is 0. The first-order valence-electron chi connectivity index (χ1n) is 4.60. The fraction of sp³-hybridized carbons (Fsp3) is 1.00. The maximum atomic E-state index is 8.88. The third-order valence-corrected chi connectivity index (χ3v) is 2.19. The van der Waals surface area contributed by atoms with Crippen molar-refractivity contribution >= 4 is 0 Å². The standard InChI is InChI=1S/C9H22N2O/c1-4-11(3)7-5-6-9(2,10)8-12/h12H,4-8,10H2,1-3H3. The summed E-state index contributed by atoms with van der Waals surface area (Å²) in [5.41, 5.74) is 5.38. The van der Waals surface area contributed by atoms with Crippen molar-refractivity contribution in [2.45, 2.75) is 32.2 Å². The Bertz CT molecular complexity index is 115. The molecule has 0 rings (SSSR count). The predicted molar refractivity (Wildman–Crippen MR) is 52.1 cm³/mol. The molecule has 0 aliphatic carbocycles. The molecule has 0 aromatic heterocycles. The van der Waals surface area contributed by atoms with Crippen molar-refractivity contribution in [3.8, 4) is 0 Å². The van der Waals surface area contributed by atoms with E-state index in [2.05, 4.69) is 18.9 Å². The van der Waals surface area contributed by atoms with Crippen LogP contribution in [-0.4, -0.2) is 42.3 Å². The van der Waals surface area contributed by atoms with Gasteiger partial charge < -0.3 is 15.7 Å². The minimum Gasteiger partial charge on any atom is -0.394 e. The number of aliphatic hydroxyl groups is 1. The van der Waals surface area contributed by atoms with Crippen molar-refractivity contribution in [1.29, 1.82) is 0 Å². The van der Waals surface area contributed by atoms with Crippen LogP contribution in [0.2, 0.25) is 0 Å². The van der Waals surface area contributed by atoms with Crippen molar-refractivity contribution in [3.05, 3.63) is 0 Å². The van der Waals surface area contributed by atoms with Gasteiger partial charge in [-0.25, -0.2) is 0 Å².